The number of aromatic nitrogens is 1. The van der Waals surface area contributed by atoms with E-state index in [1.807, 2.05) is 18.4 Å². The zero-order valence-corrected chi connectivity index (χ0v) is 11.1. The Balaban J connectivity index is 2.47. The molecule has 0 aliphatic carbocycles. The van der Waals surface area contributed by atoms with E-state index in [1.165, 1.54) is 0 Å². The number of amides is 1. The van der Waals surface area contributed by atoms with Gasteiger partial charge in [0.1, 0.15) is 0 Å². The van der Waals surface area contributed by atoms with Gasteiger partial charge in [0.25, 0.3) is 0 Å². The molecule has 5 heteroatoms. The second-order valence-corrected chi connectivity index (χ2v) is 4.92. The van der Waals surface area contributed by atoms with Crippen molar-refractivity contribution in [1.29, 1.82) is 0 Å². The predicted molar refractivity (Wildman–Crippen MR) is 71.7 cm³/mol. The van der Waals surface area contributed by atoms with E-state index in [2.05, 4.69) is 4.98 Å². The quantitative estimate of drug-likeness (QED) is 0.825. The molecular weight excluding hydrogens is 234 g/mol. The van der Waals surface area contributed by atoms with Gasteiger partial charge in [-0.05, 0) is 36.1 Å². The molecule has 0 aliphatic heterocycles. The number of nitrogens with zero attached hydrogens (tertiary/aromatic N) is 2. The fourth-order valence-corrected chi connectivity index (χ4v) is 1.98. The molecule has 0 radical (unpaired) electrons. The van der Waals surface area contributed by atoms with Crippen LogP contribution >= 0.6 is 11.8 Å². The fourth-order valence-electron chi connectivity index (χ4n) is 1.49. The summed E-state index contributed by atoms with van der Waals surface area (Å²) in [5, 5.41) is 0. The molecule has 0 aliphatic rings. The highest BCUT2D eigenvalue weighted by molar-refractivity contribution is 7.98. The van der Waals surface area contributed by atoms with Crippen molar-refractivity contribution in [2.75, 3.05) is 19.1 Å². The molecule has 94 valence electrons. The number of pyridine rings is 1. The van der Waals surface area contributed by atoms with Crippen LogP contribution in [0.25, 0.3) is 0 Å². The number of hydrogen-bond acceptors (Lipinski definition) is 4. The summed E-state index contributed by atoms with van der Waals surface area (Å²) in [5.41, 5.74) is 6.90. The highest BCUT2D eigenvalue weighted by Crippen LogP contribution is 2.05. The first kappa shape index (κ1) is 14.0. The van der Waals surface area contributed by atoms with Crippen molar-refractivity contribution in [3.63, 3.8) is 0 Å². The van der Waals surface area contributed by atoms with Gasteiger partial charge in [-0.15, -0.1) is 0 Å². The molecule has 1 rings (SSSR count). The first-order valence-electron chi connectivity index (χ1n) is 5.53. The highest BCUT2D eigenvalue weighted by atomic mass is 32.2. The lowest BCUT2D eigenvalue weighted by Gasteiger charge is -2.21. The van der Waals surface area contributed by atoms with Gasteiger partial charge < -0.3 is 10.6 Å². The van der Waals surface area contributed by atoms with Crippen LogP contribution in [0.5, 0.6) is 0 Å². The molecule has 17 heavy (non-hydrogen) atoms. The Morgan fingerprint density at radius 1 is 1.53 bits per heavy atom. The minimum atomic E-state index is -0.394. The summed E-state index contributed by atoms with van der Waals surface area (Å²) in [7, 11) is 1.78. The van der Waals surface area contributed by atoms with Crippen LogP contribution in [0.1, 0.15) is 12.0 Å². The highest BCUT2D eigenvalue weighted by Gasteiger charge is 2.17. The van der Waals surface area contributed by atoms with Gasteiger partial charge in [0.2, 0.25) is 5.91 Å². The summed E-state index contributed by atoms with van der Waals surface area (Å²) >= 11 is 1.70. The number of likely N-dealkylation sites (N-methyl/N-ethyl adjacent to an activating group) is 1. The molecule has 0 fully saturated rings. The second kappa shape index (κ2) is 7.29. The molecule has 0 saturated heterocycles. The van der Waals surface area contributed by atoms with Crippen LogP contribution < -0.4 is 5.73 Å². The summed E-state index contributed by atoms with van der Waals surface area (Å²) in [4.78, 5) is 17.5. The van der Waals surface area contributed by atoms with Gasteiger partial charge in [-0.1, -0.05) is 0 Å². The predicted octanol–water partition coefficient (Wildman–Crippen LogP) is 1.12. The number of thioether (sulfide) groups is 1. The minimum Gasteiger partial charge on any atom is -0.340 e. The van der Waals surface area contributed by atoms with Crippen LogP contribution in [0, 0.1) is 0 Å². The first-order valence-corrected chi connectivity index (χ1v) is 6.93. The van der Waals surface area contributed by atoms with Gasteiger partial charge in [-0.3, -0.25) is 9.78 Å². The van der Waals surface area contributed by atoms with Crippen molar-refractivity contribution in [2.45, 2.75) is 19.0 Å². The summed E-state index contributed by atoms with van der Waals surface area (Å²) in [5.74, 6) is 0.909. The molecule has 1 atom stereocenters. The van der Waals surface area contributed by atoms with Gasteiger partial charge in [-0.2, -0.15) is 11.8 Å². The smallest absolute Gasteiger partial charge is 0.239 e. The van der Waals surface area contributed by atoms with Crippen LogP contribution in [0.4, 0.5) is 0 Å². The van der Waals surface area contributed by atoms with E-state index in [9.17, 15) is 4.79 Å². The van der Waals surface area contributed by atoms with E-state index >= 15 is 0 Å². The van der Waals surface area contributed by atoms with Gasteiger partial charge in [0.15, 0.2) is 0 Å². The molecule has 1 heterocycles. The normalized spacial score (nSPS) is 12.2. The monoisotopic (exact) mass is 253 g/mol. The lowest BCUT2D eigenvalue weighted by atomic mass is 10.2. The van der Waals surface area contributed by atoms with Crippen molar-refractivity contribution < 1.29 is 4.79 Å². The van der Waals surface area contributed by atoms with Crippen molar-refractivity contribution in [3.8, 4) is 0 Å². The van der Waals surface area contributed by atoms with Gasteiger partial charge in [0.05, 0.1) is 6.04 Å². The third kappa shape index (κ3) is 4.75. The molecule has 0 unspecified atom stereocenters. The largest absolute Gasteiger partial charge is 0.340 e. The molecule has 0 saturated carbocycles. The maximum atomic E-state index is 11.9. The number of carbonyl (C=O) groups is 1. The first-order chi connectivity index (χ1) is 8.15. The topological polar surface area (TPSA) is 59.2 Å². The number of hydrogen-bond donors (Lipinski definition) is 1. The van der Waals surface area contributed by atoms with Crippen LogP contribution in [0.2, 0.25) is 0 Å². The van der Waals surface area contributed by atoms with E-state index in [4.69, 9.17) is 5.73 Å². The molecule has 1 aromatic heterocycles. The molecule has 0 bridgehead atoms. The van der Waals surface area contributed by atoms with Crippen molar-refractivity contribution >= 4 is 17.7 Å². The number of nitrogens with two attached hydrogens (primary N) is 1. The van der Waals surface area contributed by atoms with Crippen molar-refractivity contribution in [1.82, 2.24) is 9.88 Å². The maximum Gasteiger partial charge on any atom is 0.239 e. The number of carbonyl (C=O) groups excluding carboxylic acids is 1. The average Bonchev–Trinajstić information content (AvgIpc) is 2.36. The van der Waals surface area contributed by atoms with E-state index < -0.39 is 6.04 Å². The molecular formula is C12H19N3OS. The Bertz CT molecular complexity index is 345. The Labute approximate surface area is 107 Å². The Hall–Kier alpha value is -1.07. The Morgan fingerprint density at radius 3 is 2.76 bits per heavy atom. The third-order valence-corrected chi connectivity index (χ3v) is 3.14. The molecule has 0 spiro atoms. The van der Waals surface area contributed by atoms with E-state index in [0.717, 1.165) is 17.7 Å². The lowest BCUT2D eigenvalue weighted by molar-refractivity contribution is -0.131. The van der Waals surface area contributed by atoms with Crippen molar-refractivity contribution in [2.24, 2.45) is 5.73 Å². The third-order valence-electron chi connectivity index (χ3n) is 2.50. The van der Waals surface area contributed by atoms with Gasteiger partial charge in [0, 0.05) is 26.0 Å². The SMILES string of the molecule is CSCC[C@H](N)C(=O)N(C)Cc1ccncc1. The Morgan fingerprint density at radius 2 is 2.18 bits per heavy atom. The van der Waals surface area contributed by atoms with Crippen LogP contribution in [-0.2, 0) is 11.3 Å². The summed E-state index contributed by atoms with van der Waals surface area (Å²) in [6.07, 6.45) is 6.18. The minimum absolute atomic E-state index is 0.00383. The molecule has 2 N–H and O–H groups in total. The average molecular weight is 253 g/mol. The van der Waals surface area contributed by atoms with Crippen LogP contribution in [0.15, 0.2) is 24.5 Å². The summed E-state index contributed by atoms with van der Waals surface area (Å²) < 4.78 is 0. The molecule has 4 nitrogen and oxygen atoms in total. The van der Waals surface area contributed by atoms with E-state index in [0.29, 0.717) is 6.54 Å². The molecule has 1 aromatic rings. The van der Waals surface area contributed by atoms with Crippen LogP contribution in [-0.4, -0.2) is 40.9 Å². The summed E-state index contributed by atoms with van der Waals surface area (Å²) in [6, 6.07) is 3.41. The zero-order chi connectivity index (χ0) is 12.7. The Kier molecular flexibility index (Phi) is 6.00. The zero-order valence-electron chi connectivity index (χ0n) is 10.3. The maximum absolute atomic E-state index is 11.9. The number of rotatable bonds is 6. The fraction of sp³-hybridized carbons (Fsp3) is 0.500. The van der Waals surface area contributed by atoms with Gasteiger partial charge >= 0.3 is 0 Å². The summed E-state index contributed by atoms with van der Waals surface area (Å²) in [6.45, 7) is 0.578. The van der Waals surface area contributed by atoms with Crippen LogP contribution in [0.3, 0.4) is 0 Å². The van der Waals surface area contributed by atoms with Crippen molar-refractivity contribution in [3.05, 3.63) is 30.1 Å². The molecule has 0 aromatic carbocycles. The standard InChI is InChI=1S/C12H19N3OS/c1-15(9-10-3-6-14-7-4-10)12(16)11(13)5-8-17-2/h3-4,6-7,11H,5,8-9,13H2,1-2H3/t11-/m0/s1. The lowest BCUT2D eigenvalue weighted by Crippen LogP contribution is -2.41. The molecule has 1 amide bonds. The van der Waals surface area contributed by atoms with Gasteiger partial charge in [-0.25, -0.2) is 0 Å². The second-order valence-electron chi connectivity index (χ2n) is 3.94. The van der Waals surface area contributed by atoms with E-state index in [1.54, 1.807) is 36.1 Å². The van der Waals surface area contributed by atoms with E-state index in [-0.39, 0.29) is 5.91 Å².